The number of ether oxygens (including phenoxy) is 2. The van der Waals surface area contributed by atoms with Gasteiger partial charge in [0.1, 0.15) is 12.1 Å². The standard InChI is InChI=1S/C14H20N2O4/c1-14(2,3)20-13(18)16(9-12(17)19-4)11-7-5-6-10(15)8-11/h5-8H,9,15H2,1-4H3. The average molecular weight is 280 g/mol. The second-order valence-electron chi connectivity index (χ2n) is 5.24. The number of esters is 1. The molecule has 0 radical (unpaired) electrons. The Morgan fingerprint density at radius 2 is 1.95 bits per heavy atom. The molecule has 0 spiro atoms. The summed E-state index contributed by atoms with van der Waals surface area (Å²) in [5.74, 6) is -0.543. The van der Waals surface area contributed by atoms with Crippen molar-refractivity contribution in [2.45, 2.75) is 26.4 Å². The van der Waals surface area contributed by atoms with Gasteiger partial charge in [0.2, 0.25) is 0 Å². The van der Waals surface area contributed by atoms with Crippen LogP contribution < -0.4 is 10.6 Å². The van der Waals surface area contributed by atoms with E-state index in [-0.39, 0.29) is 6.54 Å². The third-order valence-corrected chi connectivity index (χ3v) is 2.31. The Bertz CT molecular complexity index is 494. The van der Waals surface area contributed by atoms with Gasteiger partial charge in [-0.1, -0.05) is 6.07 Å². The van der Waals surface area contributed by atoms with Gasteiger partial charge in [-0.3, -0.25) is 9.69 Å². The molecule has 1 aromatic rings. The maximum absolute atomic E-state index is 12.2. The van der Waals surface area contributed by atoms with Gasteiger partial charge >= 0.3 is 12.1 Å². The Morgan fingerprint density at radius 3 is 2.45 bits per heavy atom. The molecule has 1 aromatic carbocycles. The minimum Gasteiger partial charge on any atom is -0.468 e. The molecule has 0 aliphatic heterocycles. The van der Waals surface area contributed by atoms with Crippen LogP contribution in [0.5, 0.6) is 0 Å². The van der Waals surface area contributed by atoms with Gasteiger partial charge in [0.05, 0.1) is 7.11 Å². The number of amides is 1. The molecular formula is C14H20N2O4. The van der Waals surface area contributed by atoms with Gasteiger partial charge in [0.25, 0.3) is 0 Å². The van der Waals surface area contributed by atoms with Crippen molar-refractivity contribution in [1.82, 2.24) is 0 Å². The van der Waals surface area contributed by atoms with Crippen molar-refractivity contribution in [3.05, 3.63) is 24.3 Å². The highest BCUT2D eigenvalue weighted by atomic mass is 16.6. The number of carbonyl (C=O) groups is 2. The van der Waals surface area contributed by atoms with Crippen LogP contribution in [0.25, 0.3) is 0 Å². The Kier molecular flexibility index (Phi) is 4.96. The highest BCUT2D eigenvalue weighted by Crippen LogP contribution is 2.20. The van der Waals surface area contributed by atoms with E-state index in [2.05, 4.69) is 4.74 Å². The lowest BCUT2D eigenvalue weighted by Crippen LogP contribution is -2.40. The fourth-order valence-electron chi connectivity index (χ4n) is 1.46. The first-order valence-electron chi connectivity index (χ1n) is 6.16. The van der Waals surface area contributed by atoms with Crippen LogP contribution in [0.3, 0.4) is 0 Å². The van der Waals surface area contributed by atoms with E-state index >= 15 is 0 Å². The van der Waals surface area contributed by atoms with E-state index in [0.29, 0.717) is 11.4 Å². The van der Waals surface area contributed by atoms with Gasteiger partial charge in [-0.15, -0.1) is 0 Å². The highest BCUT2D eigenvalue weighted by molar-refractivity contribution is 5.94. The minimum absolute atomic E-state index is 0.241. The first-order valence-corrected chi connectivity index (χ1v) is 6.16. The van der Waals surface area contributed by atoms with Gasteiger partial charge in [-0.25, -0.2) is 4.79 Å². The van der Waals surface area contributed by atoms with E-state index in [1.165, 1.54) is 12.0 Å². The van der Waals surface area contributed by atoms with E-state index in [0.717, 1.165) is 0 Å². The van der Waals surface area contributed by atoms with Crippen LogP contribution >= 0.6 is 0 Å². The zero-order chi connectivity index (χ0) is 15.3. The Labute approximate surface area is 118 Å². The number of carbonyl (C=O) groups excluding carboxylic acids is 2. The molecule has 0 atom stereocenters. The molecular weight excluding hydrogens is 260 g/mol. The van der Waals surface area contributed by atoms with Crippen LogP contribution in [0.15, 0.2) is 24.3 Å². The fraction of sp³-hybridized carbons (Fsp3) is 0.429. The maximum atomic E-state index is 12.2. The van der Waals surface area contributed by atoms with Crippen LogP contribution in [0.2, 0.25) is 0 Å². The first-order chi connectivity index (χ1) is 9.23. The van der Waals surface area contributed by atoms with Gasteiger partial charge in [0, 0.05) is 11.4 Å². The van der Waals surface area contributed by atoms with E-state index < -0.39 is 17.7 Å². The topological polar surface area (TPSA) is 81.9 Å². The van der Waals surface area contributed by atoms with Crippen LogP contribution in [-0.4, -0.2) is 31.3 Å². The summed E-state index contributed by atoms with van der Waals surface area (Å²) < 4.78 is 9.87. The number of hydrogen-bond donors (Lipinski definition) is 1. The lowest BCUT2D eigenvalue weighted by atomic mass is 10.2. The third kappa shape index (κ3) is 4.79. The fourth-order valence-corrected chi connectivity index (χ4v) is 1.46. The van der Waals surface area contributed by atoms with Crippen molar-refractivity contribution < 1.29 is 19.1 Å². The van der Waals surface area contributed by atoms with E-state index in [1.54, 1.807) is 45.0 Å². The second-order valence-corrected chi connectivity index (χ2v) is 5.24. The highest BCUT2D eigenvalue weighted by Gasteiger charge is 2.25. The number of nitrogen functional groups attached to an aromatic ring is 1. The molecule has 20 heavy (non-hydrogen) atoms. The van der Waals surface area contributed by atoms with Gasteiger partial charge in [-0.05, 0) is 39.0 Å². The van der Waals surface area contributed by atoms with E-state index in [1.807, 2.05) is 0 Å². The first kappa shape index (κ1) is 15.8. The molecule has 0 unspecified atom stereocenters. The summed E-state index contributed by atoms with van der Waals surface area (Å²) in [6.45, 7) is 5.01. The Hall–Kier alpha value is -2.24. The normalized spacial score (nSPS) is 10.8. The molecule has 0 fully saturated rings. The molecule has 0 bridgehead atoms. The van der Waals surface area contributed by atoms with Gasteiger partial charge in [-0.2, -0.15) is 0 Å². The summed E-state index contributed by atoms with van der Waals surface area (Å²) in [5, 5.41) is 0. The minimum atomic E-state index is -0.661. The van der Waals surface area contributed by atoms with Crippen molar-refractivity contribution >= 4 is 23.4 Å². The molecule has 6 heteroatoms. The molecule has 6 nitrogen and oxygen atoms in total. The quantitative estimate of drug-likeness (QED) is 0.678. The predicted octanol–water partition coefficient (Wildman–Crippen LogP) is 2.18. The number of anilines is 2. The molecule has 2 N–H and O–H groups in total. The van der Waals surface area contributed by atoms with Gasteiger partial charge in [0.15, 0.2) is 0 Å². The molecule has 0 saturated heterocycles. The smallest absolute Gasteiger partial charge is 0.415 e. The lowest BCUT2D eigenvalue weighted by Gasteiger charge is -2.26. The molecule has 0 aromatic heterocycles. The summed E-state index contributed by atoms with van der Waals surface area (Å²) >= 11 is 0. The van der Waals surface area contributed by atoms with Crippen molar-refractivity contribution in [1.29, 1.82) is 0 Å². The summed E-state index contributed by atoms with van der Waals surface area (Å²) in [6, 6.07) is 6.64. The molecule has 0 aliphatic rings. The zero-order valence-electron chi connectivity index (χ0n) is 12.2. The largest absolute Gasteiger partial charge is 0.468 e. The van der Waals surface area contributed by atoms with Crippen LogP contribution in [0.4, 0.5) is 16.2 Å². The number of benzene rings is 1. The van der Waals surface area contributed by atoms with Crippen molar-refractivity contribution in [2.75, 3.05) is 24.3 Å². The number of nitrogens with two attached hydrogens (primary N) is 1. The summed E-state index contributed by atoms with van der Waals surface area (Å²) in [6.07, 6.45) is -0.631. The van der Waals surface area contributed by atoms with Crippen molar-refractivity contribution in [3.8, 4) is 0 Å². The van der Waals surface area contributed by atoms with Crippen LogP contribution in [-0.2, 0) is 14.3 Å². The molecule has 1 rings (SSSR count). The van der Waals surface area contributed by atoms with Crippen molar-refractivity contribution in [2.24, 2.45) is 0 Å². The van der Waals surface area contributed by atoms with Gasteiger partial charge < -0.3 is 15.2 Å². The number of hydrogen-bond acceptors (Lipinski definition) is 5. The average Bonchev–Trinajstić information content (AvgIpc) is 2.33. The van der Waals surface area contributed by atoms with Crippen LogP contribution in [0.1, 0.15) is 20.8 Å². The lowest BCUT2D eigenvalue weighted by molar-refractivity contribution is -0.139. The molecule has 0 heterocycles. The summed E-state index contributed by atoms with van der Waals surface area (Å²) in [4.78, 5) is 24.8. The number of methoxy groups -OCH3 is 1. The summed E-state index contributed by atoms with van der Waals surface area (Å²) in [5.41, 5.74) is 5.99. The molecule has 110 valence electrons. The molecule has 0 saturated carbocycles. The SMILES string of the molecule is COC(=O)CN(C(=O)OC(C)(C)C)c1cccc(N)c1. The molecule has 1 amide bonds. The Balaban J connectivity index is 3.02. The van der Waals surface area contributed by atoms with E-state index in [9.17, 15) is 9.59 Å². The van der Waals surface area contributed by atoms with E-state index in [4.69, 9.17) is 10.5 Å². The Morgan fingerprint density at radius 1 is 1.30 bits per heavy atom. The predicted molar refractivity (Wildman–Crippen MR) is 76.5 cm³/mol. The number of rotatable bonds is 3. The second kappa shape index (κ2) is 6.27. The molecule has 0 aliphatic carbocycles. The third-order valence-electron chi connectivity index (χ3n) is 2.31. The monoisotopic (exact) mass is 280 g/mol. The van der Waals surface area contributed by atoms with Crippen molar-refractivity contribution in [3.63, 3.8) is 0 Å². The van der Waals surface area contributed by atoms with Crippen LogP contribution in [0, 0.1) is 0 Å². The zero-order valence-corrected chi connectivity index (χ0v) is 12.2. The summed E-state index contributed by atoms with van der Waals surface area (Å²) in [7, 11) is 1.26. The number of nitrogens with zero attached hydrogens (tertiary/aromatic N) is 1. The maximum Gasteiger partial charge on any atom is 0.415 e.